The number of hydrogen-bond donors (Lipinski definition) is 3. The summed E-state index contributed by atoms with van der Waals surface area (Å²) in [5, 5.41) is 14.3. The third-order valence-electron chi connectivity index (χ3n) is 5.17. The van der Waals surface area contributed by atoms with Crippen LogP contribution in [0.15, 0.2) is 78.4 Å². The topological polar surface area (TPSA) is 134 Å². The molecular weight excluding hydrogens is 466 g/mol. The Morgan fingerprint density at radius 3 is 2.36 bits per heavy atom. The SMILES string of the molecule is COc1ccccc1NC(=O)COc1ccccc1C=C1C(=O)NC(=O)N(c2ccc(O)cc2)C1=O. The van der Waals surface area contributed by atoms with Crippen LogP contribution in [0.5, 0.6) is 17.2 Å². The highest BCUT2D eigenvalue weighted by atomic mass is 16.5. The van der Waals surface area contributed by atoms with Crippen molar-refractivity contribution >= 4 is 41.2 Å². The van der Waals surface area contributed by atoms with Gasteiger partial charge in [-0.1, -0.05) is 30.3 Å². The molecule has 10 heteroatoms. The molecule has 36 heavy (non-hydrogen) atoms. The Kier molecular flexibility index (Phi) is 6.96. The summed E-state index contributed by atoms with van der Waals surface area (Å²) in [4.78, 5) is 51.1. The first-order valence-electron chi connectivity index (χ1n) is 10.7. The number of amides is 5. The fraction of sp³-hybridized carbons (Fsp3) is 0.0769. The lowest BCUT2D eigenvalue weighted by Gasteiger charge is -2.26. The van der Waals surface area contributed by atoms with Crippen LogP contribution in [0.1, 0.15) is 5.56 Å². The molecule has 1 fully saturated rings. The first kappa shape index (κ1) is 24.0. The summed E-state index contributed by atoms with van der Waals surface area (Å²) in [6, 6.07) is 17.9. The summed E-state index contributed by atoms with van der Waals surface area (Å²) in [6.07, 6.45) is 1.28. The summed E-state index contributed by atoms with van der Waals surface area (Å²) in [7, 11) is 1.49. The van der Waals surface area contributed by atoms with Crippen molar-refractivity contribution in [1.29, 1.82) is 0 Å². The van der Waals surface area contributed by atoms with E-state index in [1.54, 1.807) is 48.5 Å². The van der Waals surface area contributed by atoms with Crippen molar-refractivity contribution in [3.05, 3.63) is 83.9 Å². The van der Waals surface area contributed by atoms with Crippen LogP contribution in [0.3, 0.4) is 0 Å². The van der Waals surface area contributed by atoms with Gasteiger partial charge in [0.15, 0.2) is 6.61 Å². The first-order valence-corrected chi connectivity index (χ1v) is 10.7. The molecule has 0 radical (unpaired) electrons. The fourth-order valence-corrected chi connectivity index (χ4v) is 3.46. The molecule has 0 saturated carbocycles. The minimum absolute atomic E-state index is 0.0451. The second-order valence-corrected chi connectivity index (χ2v) is 7.55. The molecule has 0 bridgehead atoms. The van der Waals surface area contributed by atoms with E-state index in [4.69, 9.17) is 9.47 Å². The van der Waals surface area contributed by atoms with Gasteiger partial charge in [-0.2, -0.15) is 0 Å². The molecular formula is C26H21N3O7. The number of nitrogens with zero attached hydrogens (tertiary/aromatic N) is 1. The zero-order valence-corrected chi connectivity index (χ0v) is 19.1. The zero-order valence-electron chi connectivity index (χ0n) is 19.1. The molecule has 4 rings (SSSR count). The third-order valence-corrected chi connectivity index (χ3v) is 5.17. The molecule has 0 atom stereocenters. The highest BCUT2D eigenvalue weighted by Gasteiger charge is 2.37. The molecule has 3 aromatic carbocycles. The number of methoxy groups -OCH3 is 1. The lowest BCUT2D eigenvalue weighted by atomic mass is 10.1. The number of carbonyl (C=O) groups is 4. The maximum absolute atomic E-state index is 13.1. The molecule has 5 amide bonds. The van der Waals surface area contributed by atoms with Crippen molar-refractivity contribution in [3.8, 4) is 17.2 Å². The van der Waals surface area contributed by atoms with Gasteiger partial charge < -0.3 is 19.9 Å². The van der Waals surface area contributed by atoms with Crippen LogP contribution in [-0.2, 0) is 14.4 Å². The van der Waals surface area contributed by atoms with Crippen LogP contribution < -0.4 is 25.0 Å². The molecule has 1 aliphatic rings. The normalized spacial score (nSPS) is 14.4. The van der Waals surface area contributed by atoms with Gasteiger partial charge in [0, 0.05) is 5.56 Å². The van der Waals surface area contributed by atoms with E-state index in [0.29, 0.717) is 17.0 Å². The highest BCUT2D eigenvalue weighted by Crippen LogP contribution is 2.27. The summed E-state index contributed by atoms with van der Waals surface area (Å²) in [6.45, 7) is -0.351. The van der Waals surface area contributed by atoms with Gasteiger partial charge in [0.05, 0.1) is 18.5 Å². The number of anilines is 2. The Labute approximate surface area is 205 Å². The van der Waals surface area contributed by atoms with Gasteiger partial charge in [-0.15, -0.1) is 0 Å². The number of rotatable bonds is 7. The minimum Gasteiger partial charge on any atom is -0.508 e. The van der Waals surface area contributed by atoms with E-state index in [1.807, 2.05) is 0 Å². The number of urea groups is 1. The number of phenols is 1. The van der Waals surface area contributed by atoms with Gasteiger partial charge >= 0.3 is 6.03 Å². The van der Waals surface area contributed by atoms with Crippen LogP contribution >= 0.6 is 0 Å². The zero-order chi connectivity index (χ0) is 25.7. The smallest absolute Gasteiger partial charge is 0.335 e. The number of para-hydroxylation sites is 3. The van der Waals surface area contributed by atoms with Gasteiger partial charge in [-0.3, -0.25) is 19.7 Å². The highest BCUT2D eigenvalue weighted by molar-refractivity contribution is 6.39. The van der Waals surface area contributed by atoms with Gasteiger partial charge in [-0.25, -0.2) is 9.69 Å². The average molecular weight is 487 g/mol. The standard InChI is InChI=1S/C26H21N3O7/c1-35-22-9-5-3-7-20(22)27-23(31)15-36-21-8-4-2-6-16(21)14-19-24(32)28-26(34)29(25(19)33)17-10-12-18(30)13-11-17/h2-14,30H,15H2,1H3,(H,27,31)(H,28,32,34). The Morgan fingerprint density at radius 2 is 1.64 bits per heavy atom. The minimum atomic E-state index is -0.912. The first-order chi connectivity index (χ1) is 17.4. The van der Waals surface area contributed by atoms with Gasteiger partial charge in [0.25, 0.3) is 17.7 Å². The van der Waals surface area contributed by atoms with Crippen molar-refractivity contribution in [2.24, 2.45) is 0 Å². The van der Waals surface area contributed by atoms with E-state index < -0.39 is 23.8 Å². The van der Waals surface area contributed by atoms with Gasteiger partial charge in [-0.05, 0) is 48.5 Å². The summed E-state index contributed by atoms with van der Waals surface area (Å²) >= 11 is 0. The fourth-order valence-electron chi connectivity index (χ4n) is 3.46. The molecule has 1 aliphatic heterocycles. The predicted octanol–water partition coefficient (Wildman–Crippen LogP) is 3.08. The number of phenolic OH excluding ortho intramolecular Hbond substituents is 1. The third kappa shape index (κ3) is 5.17. The molecule has 0 unspecified atom stereocenters. The molecule has 3 N–H and O–H groups in total. The Balaban J connectivity index is 1.54. The maximum Gasteiger partial charge on any atom is 0.335 e. The number of carbonyl (C=O) groups excluding carboxylic acids is 4. The van der Waals surface area contributed by atoms with E-state index in [9.17, 15) is 24.3 Å². The number of aromatic hydroxyl groups is 1. The van der Waals surface area contributed by atoms with E-state index in [0.717, 1.165) is 4.90 Å². The summed E-state index contributed by atoms with van der Waals surface area (Å²) in [5.74, 6) is -1.48. The Bertz CT molecular complexity index is 1370. The summed E-state index contributed by atoms with van der Waals surface area (Å²) in [5.41, 5.74) is 0.692. The van der Waals surface area contributed by atoms with Crippen LogP contribution in [0.4, 0.5) is 16.2 Å². The van der Waals surface area contributed by atoms with E-state index >= 15 is 0 Å². The molecule has 0 aromatic heterocycles. The summed E-state index contributed by atoms with van der Waals surface area (Å²) < 4.78 is 10.9. The second-order valence-electron chi connectivity index (χ2n) is 7.55. The van der Waals surface area contributed by atoms with Crippen LogP contribution in [0.2, 0.25) is 0 Å². The number of benzene rings is 3. The van der Waals surface area contributed by atoms with E-state index in [2.05, 4.69) is 10.6 Å². The lowest BCUT2D eigenvalue weighted by molar-refractivity contribution is -0.122. The Hall–Kier alpha value is -5.12. The van der Waals surface area contributed by atoms with Crippen molar-refractivity contribution in [3.63, 3.8) is 0 Å². The molecule has 0 spiro atoms. The quantitative estimate of drug-likeness (QED) is 0.344. The van der Waals surface area contributed by atoms with E-state index in [1.165, 1.54) is 37.5 Å². The van der Waals surface area contributed by atoms with E-state index in [-0.39, 0.29) is 29.4 Å². The monoisotopic (exact) mass is 487 g/mol. The number of ether oxygens (including phenoxy) is 2. The van der Waals surface area contributed by atoms with Gasteiger partial charge in [0.2, 0.25) is 0 Å². The predicted molar refractivity (Wildman–Crippen MR) is 131 cm³/mol. The van der Waals surface area contributed by atoms with Crippen molar-refractivity contribution in [1.82, 2.24) is 5.32 Å². The molecule has 0 aliphatic carbocycles. The Morgan fingerprint density at radius 1 is 0.972 bits per heavy atom. The number of imide groups is 2. The lowest BCUT2D eigenvalue weighted by Crippen LogP contribution is -2.54. The molecule has 1 heterocycles. The number of hydrogen-bond acceptors (Lipinski definition) is 7. The van der Waals surface area contributed by atoms with Gasteiger partial charge in [0.1, 0.15) is 22.8 Å². The largest absolute Gasteiger partial charge is 0.508 e. The number of nitrogens with one attached hydrogen (secondary N) is 2. The molecule has 182 valence electrons. The van der Waals surface area contributed by atoms with Crippen molar-refractivity contribution in [2.75, 3.05) is 23.9 Å². The second kappa shape index (κ2) is 10.4. The average Bonchev–Trinajstić information content (AvgIpc) is 2.87. The number of barbiturate groups is 1. The van der Waals surface area contributed by atoms with Crippen LogP contribution in [0, 0.1) is 0 Å². The van der Waals surface area contributed by atoms with Crippen LogP contribution in [-0.4, -0.2) is 42.6 Å². The van der Waals surface area contributed by atoms with Crippen LogP contribution in [0.25, 0.3) is 6.08 Å². The van der Waals surface area contributed by atoms with Crippen molar-refractivity contribution < 1.29 is 33.8 Å². The van der Waals surface area contributed by atoms with Crippen molar-refractivity contribution in [2.45, 2.75) is 0 Å². The molecule has 1 saturated heterocycles. The molecule has 10 nitrogen and oxygen atoms in total. The molecule has 3 aromatic rings. The maximum atomic E-state index is 13.1.